The van der Waals surface area contributed by atoms with Gasteiger partial charge in [0.15, 0.2) is 0 Å². The minimum Gasteiger partial charge on any atom is -0.481 e. The highest BCUT2D eigenvalue weighted by Gasteiger charge is 2.16. The zero-order valence-corrected chi connectivity index (χ0v) is 7.89. The molecule has 0 aliphatic heterocycles. The van der Waals surface area contributed by atoms with Crippen LogP contribution in [0.25, 0.3) is 0 Å². The Kier molecular flexibility index (Phi) is 2.99. The zero-order valence-electron chi connectivity index (χ0n) is 6.32. The van der Waals surface area contributed by atoms with Gasteiger partial charge in [-0.25, -0.2) is 0 Å². The molecule has 6 heteroatoms. The van der Waals surface area contributed by atoms with Crippen LogP contribution in [0.1, 0.15) is 25.0 Å². The average Bonchev–Trinajstić information content (AvgIpc) is 2.33. The smallest absolute Gasteiger partial charge is 0.304 e. The molecule has 0 fully saturated rings. The second-order valence-corrected chi connectivity index (χ2v) is 3.79. The Bertz CT molecular complexity index is 289. The first-order valence-electron chi connectivity index (χ1n) is 3.30. The summed E-state index contributed by atoms with van der Waals surface area (Å²) in [4.78, 5) is 10.3. The first-order valence-corrected chi connectivity index (χ1v) is 4.46. The van der Waals surface area contributed by atoms with E-state index in [1.807, 2.05) is 0 Å². The average molecular weight is 207 g/mol. The summed E-state index contributed by atoms with van der Waals surface area (Å²) in [6.45, 7) is 1.76. The van der Waals surface area contributed by atoms with Crippen LogP contribution in [0.4, 0.5) is 0 Å². The van der Waals surface area contributed by atoms with Gasteiger partial charge in [0.2, 0.25) is 0 Å². The van der Waals surface area contributed by atoms with E-state index in [2.05, 4.69) is 9.59 Å². The van der Waals surface area contributed by atoms with Crippen LogP contribution in [0, 0.1) is 0 Å². The molecule has 1 atom stereocenters. The molecule has 0 bridgehead atoms. The normalized spacial score (nSPS) is 12.8. The van der Waals surface area contributed by atoms with Crippen LogP contribution in [0.3, 0.4) is 0 Å². The van der Waals surface area contributed by atoms with Crippen molar-refractivity contribution in [3.8, 4) is 0 Å². The fourth-order valence-electron chi connectivity index (χ4n) is 0.837. The van der Waals surface area contributed by atoms with Crippen molar-refractivity contribution < 1.29 is 9.90 Å². The number of rotatable bonds is 3. The van der Waals surface area contributed by atoms with Crippen molar-refractivity contribution >= 4 is 29.1 Å². The number of carbonyl (C=O) groups is 1. The van der Waals surface area contributed by atoms with Gasteiger partial charge in [-0.3, -0.25) is 4.79 Å². The molecule has 0 radical (unpaired) electrons. The fourth-order valence-corrected chi connectivity index (χ4v) is 1.69. The van der Waals surface area contributed by atoms with Gasteiger partial charge in [0.05, 0.1) is 12.1 Å². The van der Waals surface area contributed by atoms with Crippen LogP contribution in [-0.4, -0.2) is 20.7 Å². The lowest BCUT2D eigenvalue weighted by atomic mass is 10.1. The number of nitrogens with zero attached hydrogens (tertiary/aromatic N) is 2. The van der Waals surface area contributed by atoms with Crippen molar-refractivity contribution in [3.05, 3.63) is 10.0 Å². The second-order valence-electron chi connectivity index (χ2n) is 2.43. The molecule has 1 rings (SSSR count). The third kappa shape index (κ3) is 2.15. The lowest BCUT2D eigenvalue weighted by Gasteiger charge is -2.03. The molecule has 1 N–H and O–H groups in total. The molecule has 0 aliphatic carbocycles. The molecule has 0 aromatic carbocycles. The third-order valence-corrected chi connectivity index (χ3v) is 2.35. The van der Waals surface area contributed by atoms with Gasteiger partial charge in [-0.1, -0.05) is 23.0 Å². The molecule has 0 saturated carbocycles. The molecule has 4 nitrogen and oxygen atoms in total. The standard InChI is InChI=1S/C6H7ClN2O2S/c1-3(2-4(10)11)5-6(7)12-9-8-5/h3H,2H2,1H3,(H,10,11). The van der Waals surface area contributed by atoms with E-state index in [-0.39, 0.29) is 12.3 Å². The minimum atomic E-state index is -0.855. The van der Waals surface area contributed by atoms with Gasteiger partial charge in [0.25, 0.3) is 0 Å². The van der Waals surface area contributed by atoms with E-state index in [0.29, 0.717) is 10.0 Å². The van der Waals surface area contributed by atoms with Crippen LogP contribution >= 0.6 is 23.1 Å². The number of halogens is 1. The fraction of sp³-hybridized carbons (Fsp3) is 0.500. The molecule has 0 amide bonds. The Morgan fingerprint density at radius 1 is 1.83 bits per heavy atom. The third-order valence-electron chi connectivity index (χ3n) is 1.42. The van der Waals surface area contributed by atoms with Crippen molar-refractivity contribution in [2.45, 2.75) is 19.3 Å². The summed E-state index contributed by atoms with van der Waals surface area (Å²) in [6, 6.07) is 0. The molecule has 66 valence electrons. The lowest BCUT2D eigenvalue weighted by molar-refractivity contribution is -0.137. The minimum absolute atomic E-state index is 0.0329. The molecule has 1 heterocycles. The Balaban J connectivity index is 2.71. The molecular formula is C6H7ClN2O2S. The van der Waals surface area contributed by atoms with E-state index < -0.39 is 5.97 Å². The number of carboxylic acid groups (broad SMARTS) is 1. The summed E-state index contributed by atoms with van der Waals surface area (Å²) in [5.74, 6) is -1.03. The van der Waals surface area contributed by atoms with Gasteiger partial charge in [0, 0.05) is 17.5 Å². The van der Waals surface area contributed by atoms with Crippen molar-refractivity contribution in [1.82, 2.24) is 9.59 Å². The van der Waals surface area contributed by atoms with Gasteiger partial charge < -0.3 is 5.11 Å². The highest BCUT2D eigenvalue weighted by atomic mass is 35.5. The Hall–Kier alpha value is -0.680. The zero-order chi connectivity index (χ0) is 9.14. The number of hydrogen-bond donors (Lipinski definition) is 1. The molecular weight excluding hydrogens is 200 g/mol. The first kappa shape index (κ1) is 9.41. The van der Waals surface area contributed by atoms with Crippen LogP contribution in [0.5, 0.6) is 0 Å². The van der Waals surface area contributed by atoms with Crippen molar-refractivity contribution in [3.63, 3.8) is 0 Å². The molecule has 1 unspecified atom stereocenters. The van der Waals surface area contributed by atoms with E-state index in [4.69, 9.17) is 16.7 Å². The molecule has 1 aromatic rings. The maximum Gasteiger partial charge on any atom is 0.304 e. The summed E-state index contributed by atoms with van der Waals surface area (Å²) in [7, 11) is 0. The monoisotopic (exact) mass is 206 g/mol. The summed E-state index contributed by atoms with van der Waals surface area (Å²) in [6.07, 6.45) is 0.0329. The van der Waals surface area contributed by atoms with Crippen molar-refractivity contribution in [1.29, 1.82) is 0 Å². The topological polar surface area (TPSA) is 63.1 Å². The van der Waals surface area contributed by atoms with E-state index in [9.17, 15) is 4.79 Å². The van der Waals surface area contributed by atoms with E-state index in [1.165, 1.54) is 0 Å². The number of aromatic nitrogens is 2. The maximum atomic E-state index is 10.3. The van der Waals surface area contributed by atoms with Crippen LogP contribution in [-0.2, 0) is 4.79 Å². The predicted molar refractivity (Wildman–Crippen MR) is 45.6 cm³/mol. The van der Waals surface area contributed by atoms with Gasteiger partial charge in [-0.2, -0.15) is 0 Å². The molecule has 12 heavy (non-hydrogen) atoms. The van der Waals surface area contributed by atoms with Crippen LogP contribution in [0.15, 0.2) is 0 Å². The summed E-state index contributed by atoms with van der Waals surface area (Å²) in [5.41, 5.74) is 0.573. The number of carboxylic acids is 1. The lowest BCUT2D eigenvalue weighted by Crippen LogP contribution is -2.03. The maximum absolute atomic E-state index is 10.3. The molecule has 0 aliphatic rings. The molecule has 0 saturated heterocycles. The SMILES string of the molecule is CC(CC(=O)O)c1nnsc1Cl. The van der Waals surface area contributed by atoms with Crippen LogP contribution < -0.4 is 0 Å². The molecule has 1 aromatic heterocycles. The van der Waals surface area contributed by atoms with Crippen molar-refractivity contribution in [2.75, 3.05) is 0 Å². The Morgan fingerprint density at radius 2 is 2.50 bits per heavy atom. The number of aliphatic carboxylic acids is 1. The second kappa shape index (κ2) is 3.82. The highest BCUT2D eigenvalue weighted by Crippen LogP contribution is 2.26. The van der Waals surface area contributed by atoms with E-state index in [0.717, 1.165) is 11.5 Å². The van der Waals surface area contributed by atoms with E-state index >= 15 is 0 Å². The Labute approximate surface area is 78.3 Å². The predicted octanol–water partition coefficient (Wildman–Crippen LogP) is 1.77. The first-order chi connectivity index (χ1) is 5.61. The van der Waals surface area contributed by atoms with Gasteiger partial charge in [-0.05, 0) is 0 Å². The van der Waals surface area contributed by atoms with Crippen molar-refractivity contribution in [2.24, 2.45) is 0 Å². The van der Waals surface area contributed by atoms with Gasteiger partial charge >= 0.3 is 5.97 Å². The van der Waals surface area contributed by atoms with E-state index in [1.54, 1.807) is 6.92 Å². The van der Waals surface area contributed by atoms with Crippen LogP contribution in [0.2, 0.25) is 4.34 Å². The highest BCUT2D eigenvalue weighted by molar-refractivity contribution is 7.10. The molecule has 0 spiro atoms. The quantitative estimate of drug-likeness (QED) is 0.819. The summed E-state index contributed by atoms with van der Waals surface area (Å²) >= 11 is 6.79. The van der Waals surface area contributed by atoms with Gasteiger partial charge in [0.1, 0.15) is 4.34 Å². The largest absolute Gasteiger partial charge is 0.481 e. The summed E-state index contributed by atoms with van der Waals surface area (Å²) < 4.78 is 4.09. The number of hydrogen-bond acceptors (Lipinski definition) is 4. The Morgan fingerprint density at radius 3 is 2.92 bits per heavy atom. The van der Waals surface area contributed by atoms with Gasteiger partial charge in [-0.15, -0.1) is 5.10 Å². The summed E-state index contributed by atoms with van der Waals surface area (Å²) in [5, 5.41) is 12.2.